The molecule has 0 radical (unpaired) electrons. The summed E-state index contributed by atoms with van der Waals surface area (Å²) in [4.78, 5) is 30.3. The third-order valence-corrected chi connectivity index (χ3v) is 9.86. The van der Waals surface area contributed by atoms with Crippen molar-refractivity contribution in [1.82, 2.24) is 10.2 Å². The van der Waals surface area contributed by atoms with Gasteiger partial charge in [0, 0.05) is 19.5 Å². The van der Waals surface area contributed by atoms with Gasteiger partial charge in [0.2, 0.25) is 11.8 Å². The number of hydrogen-bond acceptors (Lipinski definition) is 4. The van der Waals surface area contributed by atoms with Crippen LogP contribution in [0.4, 0.5) is 5.69 Å². The normalized spacial score (nSPS) is 12.0. The molecule has 0 saturated carbocycles. The Labute approximate surface area is 274 Å². The SMILES string of the molecule is CCc1ccccc1N(CC(=O)N(Cc1ccccc1C)[C@H](Cc1ccccc1)C(=O)NCC(C)C)S(=O)(=O)c1ccc(C)cc1. The molecule has 0 bridgehead atoms. The number of carbonyl (C=O) groups excluding carboxylic acids is 2. The fourth-order valence-electron chi connectivity index (χ4n) is 5.35. The maximum Gasteiger partial charge on any atom is 0.264 e. The summed E-state index contributed by atoms with van der Waals surface area (Å²) in [6.07, 6.45) is 0.851. The van der Waals surface area contributed by atoms with Crippen LogP contribution in [-0.2, 0) is 39.0 Å². The quantitative estimate of drug-likeness (QED) is 0.171. The Balaban J connectivity index is 1.83. The van der Waals surface area contributed by atoms with E-state index in [1.54, 1.807) is 41.3 Å². The molecule has 0 fully saturated rings. The van der Waals surface area contributed by atoms with Crippen LogP contribution in [0.1, 0.15) is 48.6 Å². The van der Waals surface area contributed by atoms with Crippen LogP contribution in [0.2, 0.25) is 0 Å². The fraction of sp³-hybridized carbons (Fsp3) is 0.316. The first-order valence-corrected chi connectivity index (χ1v) is 17.3. The average Bonchev–Trinajstić information content (AvgIpc) is 3.05. The van der Waals surface area contributed by atoms with Crippen molar-refractivity contribution in [2.75, 3.05) is 17.4 Å². The summed E-state index contributed by atoms with van der Waals surface area (Å²) in [6, 6.07) is 30.3. The molecule has 242 valence electrons. The van der Waals surface area contributed by atoms with E-state index in [0.29, 0.717) is 18.7 Å². The third-order valence-electron chi connectivity index (χ3n) is 8.09. The van der Waals surface area contributed by atoms with Gasteiger partial charge in [-0.05, 0) is 66.6 Å². The van der Waals surface area contributed by atoms with Crippen molar-refractivity contribution in [2.45, 2.75) is 64.9 Å². The van der Waals surface area contributed by atoms with Gasteiger partial charge in [-0.1, -0.05) is 111 Å². The number of benzene rings is 4. The molecule has 1 N–H and O–H groups in total. The molecule has 4 aromatic rings. The first-order valence-electron chi connectivity index (χ1n) is 15.8. The highest BCUT2D eigenvalue weighted by Crippen LogP contribution is 2.29. The maximum absolute atomic E-state index is 14.7. The van der Waals surface area contributed by atoms with Crippen molar-refractivity contribution >= 4 is 27.5 Å². The summed E-state index contributed by atoms with van der Waals surface area (Å²) in [5.41, 5.74) is 4.92. The van der Waals surface area contributed by atoms with Gasteiger partial charge >= 0.3 is 0 Å². The molecule has 0 saturated heterocycles. The second-order valence-electron chi connectivity index (χ2n) is 12.1. The molecule has 0 unspecified atom stereocenters. The van der Waals surface area contributed by atoms with E-state index < -0.39 is 28.5 Å². The van der Waals surface area contributed by atoms with Crippen LogP contribution in [0.3, 0.4) is 0 Å². The predicted octanol–water partition coefficient (Wildman–Crippen LogP) is 6.47. The zero-order valence-electron chi connectivity index (χ0n) is 27.4. The van der Waals surface area contributed by atoms with Crippen molar-refractivity contribution in [2.24, 2.45) is 5.92 Å². The lowest BCUT2D eigenvalue weighted by Crippen LogP contribution is -2.54. The summed E-state index contributed by atoms with van der Waals surface area (Å²) in [7, 11) is -4.15. The highest BCUT2D eigenvalue weighted by molar-refractivity contribution is 7.92. The number of anilines is 1. The van der Waals surface area contributed by atoms with E-state index in [1.807, 2.05) is 101 Å². The third kappa shape index (κ3) is 8.63. The Hall–Kier alpha value is -4.43. The maximum atomic E-state index is 14.7. The molecule has 8 heteroatoms. The minimum atomic E-state index is -4.15. The number of sulfonamides is 1. The fourth-order valence-corrected chi connectivity index (χ4v) is 6.80. The molecule has 0 aromatic heterocycles. The highest BCUT2D eigenvalue weighted by atomic mass is 32.2. The minimum absolute atomic E-state index is 0.0952. The van der Waals surface area contributed by atoms with Crippen molar-refractivity contribution < 1.29 is 18.0 Å². The van der Waals surface area contributed by atoms with Gasteiger partial charge in [-0.25, -0.2) is 8.42 Å². The van der Waals surface area contributed by atoms with Crippen LogP contribution in [-0.4, -0.2) is 44.3 Å². The van der Waals surface area contributed by atoms with E-state index in [4.69, 9.17) is 0 Å². The molecule has 0 spiro atoms. The first kappa shape index (κ1) is 34.4. The molecular formula is C38H45N3O4S. The largest absolute Gasteiger partial charge is 0.354 e. The zero-order valence-corrected chi connectivity index (χ0v) is 28.3. The van der Waals surface area contributed by atoms with E-state index in [9.17, 15) is 18.0 Å². The minimum Gasteiger partial charge on any atom is -0.354 e. The van der Waals surface area contributed by atoms with Crippen molar-refractivity contribution in [3.63, 3.8) is 0 Å². The van der Waals surface area contributed by atoms with E-state index in [-0.39, 0.29) is 29.7 Å². The molecule has 0 aliphatic heterocycles. The zero-order chi connectivity index (χ0) is 33.3. The van der Waals surface area contributed by atoms with Crippen molar-refractivity contribution in [1.29, 1.82) is 0 Å². The summed E-state index contributed by atoms with van der Waals surface area (Å²) < 4.78 is 29.9. The second kappa shape index (κ2) is 15.7. The molecule has 4 aromatic carbocycles. The van der Waals surface area contributed by atoms with Crippen LogP contribution in [0.5, 0.6) is 0 Å². The summed E-state index contributed by atoms with van der Waals surface area (Å²) >= 11 is 0. The number of para-hydroxylation sites is 1. The van der Waals surface area contributed by atoms with Gasteiger partial charge in [0.15, 0.2) is 0 Å². The predicted molar refractivity (Wildman–Crippen MR) is 185 cm³/mol. The number of aryl methyl sites for hydroxylation is 3. The Morgan fingerprint density at radius 1 is 0.783 bits per heavy atom. The molecule has 0 heterocycles. The molecular weight excluding hydrogens is 595 g/mol. The van der Waals surface area contributed by atoms with E-state index >= 15 is 0 Å². The Morgan fingerprint density at radius 3 is 2.02 bits per heavy atom. The van der Waals surface area contributed by atoms with Gasteiger partial charge in [-0.2, -0.15) is 0 Å². The number of carbonyl (C=O) groups is 2. The standard InChI is InChI=1S/C38H45N3O4S/c1-6-32-17-12-13-19-35(32)41(46(44,45)34-22-20-29(4)21-23-34)27-37(42)40(26-33-18-11-10-14-30(33)5)36(38(43)39-25-28(2)3)24-31-15-8-7-9-16-31/h7-23,28,36H,6,24-27H2,1-5H3,(H,39,43)/t36-/m1/s1. The number of amides is 2. The van der Waals surface area contributed by atoms with Crippen LogP contribution in [0, 0.1) is 19.8 Å². The smallest absolute Gasteiger partial charge is 0.264 e. The molecule has 0 aliphatic rings. The van der Waals surface area contributed by atoms with Gasteiger partial charge < -0.3 is 10.2 Å². The highest BCUT2D eigenvalue weighted by Gasteiger charge is 2.35. The van der Waals surface area contributed by atoms with Crippen LogP contribution < -0.4 is 9.62 Å². The molecule has 0 aliphatic carbocycles. The van der Waals surface area contributed by atoms with E-state index in [1.165, 1.54) is 4.31 Å². The van der Waals surface area contributed by atoms with Crippen LogP contribution in [0.25, 0.3) is 0 Å². The molecule has 2 amide bonds. The van der Waals surface area contributed by atoms with Gasteiger partial charge in [-0.3, -0.25) is 13.9 Å². The molecule has 1 atom stereocenters. The topological polar surface area (TPSA) is 86.8 Å². The first-order chi connectivity index (χ1) is 22.0. The Bertz CT molecular complexity index is 1720. The van der Waals surface area contributed by atoms with E-state index in [0.717, 1.165) is 27.8 Å². The van der Waals surface area contributed by atoms with Gasteiger partial charge in [0.1, 0.15) is 12.6 Å². The van der Waals surface area contributed by atoms with Gasteiger partial charge in [0.05, 0.1) is 10.6 Å². The lowest BCUT2D eigenvalue weighted by Gasteiger charge is -2.34. The second-order valence-corrected chi connectivity index (χ2v) is 14.0. The molecule has 46 heavy (non-hydrogen) atoms. The van der Waals surface area contributed by atoms with Crippen LogP contribution in [0.15, 0.2) is 108 Å². The Kier molecular flexibility index (Phi) is 11.8. The summed E-state index contributed by atoms with van der Waals surface area (Å²) in [5, 5.41) is 3.04. The number of nitrogens with one attached hydrogen (secondary N) is 1. The van der Waals surface area contributed by atoms with E-state index in [2.05, 4.69) is 5.32 Å². The molecule has 4 rings (SSSR count). The summed E-state index contributed by atoms with van der Waals surface area (Å²) in [6.45, 7) is 9.97. The monoisotopic (exact) mass is 639 g/mol. The average molecular weight is 640 g/mol. The molecule has 7 nitrogen and oxygen atoms in total. The number of rotatable bonds is 14. The van der Waals surface area contributed by atoms with Gasteiger partial charge in [0.25, 0.3) is 10.0 Å². The van der Waals surface area contributed by atoms with Crippen molar-refractivity contribution in [3.8, 4) is 0 Å². The summed E-state index contributed by atoms with van der Waals surface area (Å²) in [5.74, 6) is -0.533. The van der Waals surface area contributed by atoms with Crippen molar-refractivity contribution in [3.05, 3.63) is 131 Å². The lowest BCUT2D eigenvalue weighted by molar-refractivity contribution is -0.140. The number of hydrogen-bond donors (Lipinski definition) is 1. The van der Waals surface area contributed by atoms with Gasteiger partial charge in [-0.15, -0.1) is 0 Å². The number of nitrogens with zero attached hydrogens (tertiary/aromatic N) is 2. The Morgan fingerprint density at radius 2 is 1.39 bits per heavy atom. The lowest BCUT2D eigenvalue weighted by atomic mass is 10.0. The van der Waals surface area contributed by atoms with Crippen LogP contribution >= 0.6 is 0 Å².